The number of halogens is 1. The fraction of sp³-hybridized carbons (Fsp3) is 0.350. The van der Waals surface area contributed by atoms with Gasteiger partial charge < -0.3 is 19.5 Å². The zero-order chi connectivity index (χ0) is 18.5. The highest BCUT2D eigenvalue weighted by molar-refractivity contribution is 5.76. The molecule has 0 unspecified atom stereocenters. The van der Waals surface area contributed by atoms with Crippen LogP contribution in [0.5, 0.6) is 17.2 Å². The van der Waals surface area contributed by atoms with Crippen molar-refractivity contribution in [3.8, 4) is 17.2 Å². The molecule has 0 saturated carbocycles. The van der Waals surface area contributed by atoms with Crippen molar-refractivity contribution in [1.82, 2.24) is 5.32 Å². The van der Waals surface area contributed by atoms with Crippen molar-refractivity contribution in [3.63, 3.8) is 0 Å². The van der Waals surface area contributed by atoms with E-state index in [1.807, 2.05) is 25.1 Å². The van der Waals surface area contributed by atoms with Crippen LogP contribution in [0.2, 0.25) is 0 Å². The van der Waals surface area contributed by atoms with Gasteiger partial charge in [-0.2, -0.15) is 0 Å². The van der Waals surface area contributed by atoms with Gasteiger partial charge in [-0.1, -0.05) is 12.1 Å². The van der Waals surface area contributed by atoms with Gasteiger partial charge in [0.25, 0.3) is 0 Å². The Bertz CT molecular complexity index is 793. The van der Waals surface area contributed by atoms with Crippen LogP contribution in [0.1, 0.15) is 30.5 Å². The minimum absolute atomic E-state index is 0.0939. The molecule has 0 fully saturated rings. The van der Waals surface area contributed by atoms with E-state index in [1.54, 1.807) is 12.1 Å². The Labute approximate surface area is 152 Å². The number of carbonyl (C=O) groups excluding carboxylic acids is 1. The largest absolute Gasteiger partial charge is 0.494 e. The van der Waals surface area contributed by atoms with Crippen LogP contribution in [0.25, 0.3) is 0 Å². The van der Waals surface area contributed by atoms with Crippen LogP contribution in [-0.4, -0.2) is 26.2 Å². The average Bonchev–Trinajstić information content (AvgIpc) is 2.66. The highest BCUT2D eigenvalue weighted by atomic mass is 19.1. The van der Waals surface area contributed by atoms with Crippen molar-refractivity contribution in [3.05, 3.63) is 53.3 Å². The maximum atomic E-state index is 13.8. The predicted molar refractivity (Wildman–Crippen MR) is 95.3 cm³/mol. The molecule has 1 atom stereocenters. The molecule has 1 heterocycles. The summed E-state index contributed by atoms with van der Waals surface area (Å²) in [5.74, 6) is 1.10. The number of ether oxygens (including phenoxy) is 3. The number of aryl methyl sites for hydroxylation is 1. The van der Waals surface area contributed by atoms with E-state index >= 15 is 0 Å². The van der Waals surface area contributed by atoms with Crippen molar-refractivity contribution in [2.75, 3.05) is 20.3 Å². The molecule has 2 aromatic carbocycles. The molecule has 138 valence electrons. The monoisotopic (exact) mass is 359 g/mol. The lowest BCUT2D eigenvalue weighted by molar-refractivity contribution is -0.121. The highest BCUT2D eigenvalue weighted by Gasteiger charge is 2.14. The molecule has 1 N–H and O–H groups in total. The Morgan fingerprint density at radius 2 is 1.96 bits per heavy atom. The average molecular weight is 359 g/mol. The second-order valence-electron chi connectivity index (χ2n) is 6.16. The number of hydrogen-bond donors (Lipinski definition) is 1. The lowest BCUT2D eigenvalue weighted by Gasteiger charge is -2.19. The minimum atomic E-state index is -0.442. The predicted octanol–water partition coefficient (Wildman–Crippen LogP) is 3.42. The van der Waals surface area contributed by atoms with Crippen LogP contribution < -0.4 is 19.5 Å². The highest BCUT2D eigenvalue weighted by Crippen LogP contribution is 2.31. The Morgan fingerprint density at radius 1 is 1.19 bits per heavy atom. The Hall–Kier alpha value is -2.76. The van der Waals surface area contributed by atoms with E-state index in [9.17, 15) is 9.18 Å². The fourth-order valence-electron chi connectivity index (χ4n) is 2.85. The maximum Gasteiger partial charge on any atom is 0.220 e. The van der Waals surface area contributed by atoms with E-state index in [0.29, 0.717) is 31.6 Å². The van der Waals surface area contributed by atoms with Gasteiger partial charge >= 0.3 is 0 Å². The Balaban J connectivity index is 1.54. The van der Waals surface area contributed by atoms with Crippen LogP contribution >= 0.6 is 0 Å². The van der Waals surface area contributed by atoms with Crippen LogP contribution in [0.15, 0.2) is 36.4 Å². The second-order valence-corrected chi connectivity index (χ2v) is 6.16. The van der Waals surface area contributed by atoms with Gasteiger partial charge in [-0.3, -0.25) is 4.79 Å². The van der Waals surface area contributed by atoms with Crippen molar-refractivity contribution in [1.29, 1.82) is 0 Å². The number of methoxy groups -OCH3 is 1. The fourth-order valence-corrected chi connectivity index (χ4v) is 2.85. The van der Waals surface area contributed by atoms with E-state index in [4.69, 9.17) is 14.2 Å². The number of hydrogen-bond acceptors (Lipinski definition) is 4. The van der Waals surface area contributed by atoms with Gasteiger partial charge in [0.05, 0.1) is 13.2 Å². The first kappa shape index (κ1) is 18.0. The smallest absolute Gasteiger partial charge is 0.220 e. The molecule has 0 aliphatic carbocycles. The summed E-state index contributed by atoms with van der Waals surface area (Å²) in [5, 5.41) is 2.89. The molecule has 0 saturated heterocycles. The van der Waals surface area contributed by atoms with E-state index in [0.717, 1.165) is 17.1 Å². The molecular weight excluding hydrogens is 337 g/mol. The molecule has 1 aliphatic heterocycles. The molecule has 0 spiro atoms. The van der Waals surface area contributed by atoms with Gasteiger partial charge in [0, 0.05) is 6.42 Å². The zero-order valence-electron chi connectivity index (χ0n) is 14.9. The first-order valence-corrected chi connectivity index (χ1v) is 8.58. The summed E-state index contributed by atoms with van der Waals surface area (Å²) < 4.78 is 29.7. The van der Waals surface area contributed by atoms with Gasteiger partial charge in [0.1, 0.15) is 13.2 Å². The standard InChI is InChI=1S/C20H22FNO4/c1-13(15-5-7-17(24-2)16(21)12-15)22-20(23)8-4-14-3-6-18-19(11-14)26-10-9-25-18/h3,5-7,11-13H,4,8-10H2,1-2H3,(H,22,23)/t13-/m1/s1. The molecule has 2 aromatic rings. The molecule has 3 rings (SSSR count). The zero-order valence-corrected chi connectivity index (χ0v) is 14.9. The number of nitrogens with one attached hydrogen (secondary N) is 1. The topological polar surface area (TPSA) is 56.8 Å². The third kappa shape index (κ3) is 4.25. The van der Waals surface area contributed by atoms with Crippen LogP contribution in [0.3, 0.4) is 0 Å². The first-order valence-electron chi connectivity index (χ1n) is 8.58. The minimum Gasteiger partial charge on any atom is -0.494 e. The lowest BCUT2D eigenvalue weighted by atomic mass is 10.1. The molecule has 0 aromatic heterocycles. The molecule has 5 nitrogen and oxygen atoms in total. The van der Waals surface area contributed by atoms with Crippen molar-refractivity contribution < 1.29 is 23.4 Å². The molecule has 6 heteroatoms. The Kier molecular flexibility index (Phi) is 5.61. The third-order valence-electron chi connectivity index (χ3n) is 4.30. The first-order chi connectivity index (χ1) is 12.6. The number of rotatable bonds is 6. The van der Waals surface area contributed by atoms with E-state index in [1.165, 1.54) is 13.2 Å². The van der Waals surface area contributed by atoms with Gasteiger partial charge in [0.2, 0.25) is 5.91 Å². The van der Waals surface area contributed by atoms with E-state index in [-0.39, 0.29) is 17.7 Å². The second kappa shape index (κ2) is 8.08. The van der Waals surface area contributed by atoms with Crippen molar-refractivity contribution in [2.45, 2.75) is 25.8 Å². The number of benzene rings is 2. The summed E-state index contributed by atoms with van der Waals surface area (Å²) in [6.07, 6.45) is 0.925. The molecule has 0 bridgehead atoms. The normalized spacial score (nSPS) is 13.8. The summed E-state index contributed by atoms with van der Waals surface area (Å²) >= 11 is 0. The molecule has 26 heavy (non-hydrogen) atoms. The maximum absolute atomic E-state index is 13.8. The summed E-state index contributed by atoms with van der Waals surface area (Å²) in [5.41, 5.74) is 1.70. The van der Waals surface area contributed by atoms with Crippen LogP contribution in [0, 0.1) is 5.82 Å². The summed E-state index contributed by atoms with van der Waals surface area (Å²) in [6.45, 7) is 2.91. The van der Waals surface area contributed by atoms with Crippen molar-refractivity contribution >= 4 is 5.91 Å². The van der Waals surface area contributed by atoms with Crippen LogP contribution in [0.4, 0.5) is 4.39 Å². The molecular formula is C20H22FNO4. The molecule has 1 amide bonds. The summed E-state index contributed by atoms with van der Waals surface area (Å²) in [6, 6.07) is 10.1. The quantitative estimate of drug-likeness (QED) is 0.859. The SMILES string of the molecule is COc1ccc([C@@H](C)NC(=O)CCc2ccc3c(c2)OCCO3)cc1F. The van der Waals surface area contributed by atoms with Crippen LogP contribution in [-0.2, 0) is 11.2 Å². The summed E-state index contributed by atoms with van der Waals surface area (Å²) in [7, 11) is 1.42. The number of amides is 1. The van der Waals surface area contributed by atoms with Crippen molar-refractivity contribution in [2.24, 2.45) is 0 Å². The molecule has 1 aliphatic rings. The third-order valence-corrected chi connectivity index (χ3v) is 4.30. The van der Waals surface area contributed by atoms with Gasteiger partial charge in [-0.05, 0) is 48.7 Å². The van der Waals surface area contributed by atoms with Gasteiger partial charge in [-0.25, -0.2) is 4.39 Å². The number of carbonyl (C=O) groups is 1. The van der Waals surface area contributed by atoms with Gasteiger partial charge in [-0.15, -0.1) is 0 Å². The number of fused-ring (bicyclic) bond motifs is 1. The lowest BCUT2D eigenvalue weighted by Crippen LogP contribution is -2.26. The van der Waals surface area contributed by atoms with E-state index in [2.05, 4.69) is 5.32 Å². The summed E-state index contributed by atoms with van der Waals surface area (Å²) in [4.78, 5) is 12.2. The van der Waals surface area contributed by atoms with Gasteiger partial charge in [0.15, 0.2) is 23.1 Å². The molecule has 0 radical (unpaired) electrons. The van der Waals surface area contributed by atoms with E-state index < -0.39 is 5.82 Å². The Morgan fingerprint density at radius 3 is 2.69 bits per heavy atom.